The highest BCUT2D eigenvalue weighted by molar-refractivity contribution is 7.80. The minimum atomic E-state index is -0.782. The molecule has 0 aliphatic rings. The largest absolute Gasteiger partial charge is 0.501 e. The van der Waals surface area contributed by atoms with Gasteiger partial charge in [-0.05, 0) is 23.4 Å². The fourth-order valence-electron chi connectivity index (χ4n) is 1.83. The van der Waals surface area contributed by atoms with Gasteiger partial charge in [0, 0.05) is 12.5 Å². The average Bonchev–Trinajstić information content (AvgIpc) is 2.55. The van der Waals surface area contributed by atoms with Gasteiger partial charge in [0.2, 0.25) is 5.75 Å². The number of aromatic nitrogens is 2. The number of carbonyl (C=O) groups is 1. The standard InChI is InChI=1S/C15H16FN3O3S/c1-8(7-23)13-18-11(12(20)15(22)19-13)14(21)17-6-9-2-4-10(16)5-3-9/h2-5,8,20,23H,6-7H2,1H3,(H,17,21)(H,18,19,22). The number of nitrogens with zero attached hydrogens (tertiary/aromatic N) is 1. The molecule has 1 heterocycles. The van der Waals surface area contributed by atoms with Crippen LogP contribution < -0.4 is 10.9 Å². The normalized spacial score (nSPS) is 12.0. The third-order valence-electron chi connectivity index (χ3n) is 3.24. The van der Waals surface area contributed by atoms with E-state index in [9.17, 15) is 19.1 Å². The topological polar surface area (TPSA) is 95.1 Å². The maximum Gasteiger partial charge on any atom is 0.293 e. The molecular weight excluding hydrogens is 321 g/mol. The zero-order valence-electron chi connectivity index (χ0n) is 12.3. The first-order chi connectivity index (χ1) is 10.9. The molecule has 6 nitrogen and oxygen atoms in total. The maximum atomic E-state index is 12.8. The monoisotopic (exact) mass is 337 g/mol. The van der Waals surface area contributed by atoms with Crippen LogP contribution in [-0.2, 0) is 6.54 Å². The highest BCUT2D eigenvalue weighted by atomic mass is 32.1. The van der Waals surface area contributed by atoms with E-state index in [0.29, 0.717) is 11.3 Å². The van der Waals surface area contributed by atoms with Crippen molar-refractivity contribution in [3.63, 3.8) is 0 Å². The van der Waals surface area contributed by atoms with Crippen molar-refractivity contribution in [1.82, 2.24) is 15.3 Å². The molecule has 0 radical (unpaired) electrons. The van der Waals surface area contributed by atoms with E-state index in [1.54, 1.807) is 6.92 Å². The molecule has 23 heavy (non-hydrogen) atoms. The lowest BCUT2D eigenvalue weighted by Crippen LogP contribution is -2.27. The number of hydrogen-bond donors (Lipinski definition) is 4. The van der Waals surface area contributed by atoms with Crippen molar-refractivity contribution in [1.29, 1.82) is 0 Å². The molecule has 0 bridgehead atoms. The lowest BCUT2D eigenvalue weighted by Gasteiger charge is -2.10. The Kier molecular flexibility index (Phi) is 5.38. The first kappa shape index (κ1) is 17.0. The molecule has 122 valence electrons. The minimum Gasteiger partial charge on any atom is -0.501 e. The van der Waals surface area contributed by atoms with Crippen LogP contribution >= 0.6 is 12.6 Å². The van der Waals surface area contributed by atoms with Crippen molar-refractivity contribution in [2.75, 3.05) is 5.75 Å². The second kappa shape index (κ2) is 7.28. The Labute approximate surface area is 137 Å². The summed E-state index contributed by atoms with van der Waals surface area (Å²) in [6.07, 6.45) is 0. The maximum absolute atomic E-state index is 12.8. The third kappa shape index (κ3) is 4.10. The van der Waals surface area contributed by atoms with Gasteiger partial charge in [-0.25, -0.2) is 9.37 Å². The highest BCUT2D eigenvalue weighted by Gasteiger charge is 2.19. The number of thiol groups is 1. The van der Waals surface area contributed by atoms with Gasteiger partial charge in [-0.2, -0.15) is 12.6 Å². The van der Waals surface area contributed by atoms with E-state index >= 15 is 0 Å². The molecule has 1 aromatic carbocycles. The Morgan fingerprint density at radius 2 is 2.09 bits per heavy atom. The third-order valence-corrected chi connectivity index (χ3v) is 3.78. The van der Waals surface area contributed by atoms with Crippen LogP contribution in [0.4, 0.5) is 4.39 Å². The van der Waals surface area contributed by atoms with Crippen molar-refractivity contribution in [2.45, 2.75) is 19.4 Å². The molecule has 2 aromatic rings. The smallest absolute Gasteiger partial charge is 0.293 e. The molecule has 1 amide bonds. The Balaban J connectivity index is 2.19. The van der Waals surface area contributed by atoms with Crippen LogP contribution in [0.15, 0.2) is 29.1 Å². The van der Waals surface area contributed by atoms with Crippen LogP contribution in [0.25, 0.3) is 0 Å². The number of rotatable bonds is 5. The minimum absolute atomic E-state index is 0.116. The van der Waals surface area contributed by atoms with E-state index in [-0.39, 0.29) is 29.8 Å². The van der Waals surface area contributed by atoms with E-state index in [2.05, 4.69) is 27.9 Å². The molecule has 0 fully saturated rings. The first-order valence-electron chi connectivity index (χ1n) is 6.89. The van der Waals surface area contributed by atoms with Crippen molar-refractivity contribution < 1.29 is 14.3 Å². The summed E-state index contributed by atoms with van der Waals surface area (Å²) in [4.78, 5) is 30.3. The van der Waals surface area contributed by atoms with Crippen LogP contribution in [0.2, 0.25) is 0 Å². The van der Waals surface area contributed by atoms with E-state index in [1.165, 1.54) is 24.3 Å². The summed E-state index contributed by atoms with van der Waals surface area (Å²) in [5.41, 5.74) is -0.455. The molecule has 0 saturated heterocycles. The fourth-order valence-corrected chi connectivity index (χ4v) is 2.00. The zero-order valence-corrected chi connectivity index (χ0v) is 13.2. The van der Waals surface area contributed by atoms with Gasteiger partial charge in [0.1, 0.15) is 11.6 Å². The lowest BCUT2D eigenvalue weighted by atomic mass is 10.2. The SMILES string of the molecule is CC(CS)c1nc(C(=O)NCc2ccc(F)cc2)c(O)c(=O)[nH]1. The molecule has 1 unspecified atom stereocenters. The van der Waals surface area contributed by atoms with E-state index in [1.807, 2.05) is 0 Å². The number of carbonyl (C=O) groups excluding carboxylic acids is 1. The fraction of sp³-hybridized carbons (Fsp3) is 0.267. The summed E-state index contributed by atoms with van der Waals surface area (Å²) < 4.78 is 12.8. The van der Waals surface area contributed by atoms with Gasteiger partial charge in [0.05, 0.1) is 0 Å². The van der Waals surface area contributed by atoms with Crippen LogP contribution in [-0.4, -0.2) is 26.7 Å². The van der Waals surface area contributed by atoms with Gasteiger partial charge in [-0.1, -0.05) is 19.1 Å². The van der Waals surface area contributed by atoms with Crippen LogP contribution in [0.5, 0.6) is 5.75 Å². The summed E-state index contributed by atoms with van der Waals surface area (Å²) in [5, 5.41) is 12.3. The highest BCUT2D eigenvalue weighted by Crippen LogP contribution is 2.15. The number of H-pyrrole nitrogens is 1. The molecule has 8 heteroatoms. The molecule has 0 saturated carbocycles. The molecule has 0 aliphatic carbocycles. The lowest BCUT2D eigenvalue weighted by molar-refractivity contribution is 0.0942. The average molecular weight is 337 g/mol. The van der Waals surface area contributed by atoms with Crippen molar-refractivity contribution in [2.24, 2.45) is 0 Å². The molecule has 1 aromatic heterocycles. The summed E-state index contributed by atoms with van der Waals surface area (Å²) >= 11 is 4.11. The van der Waals surface area contributed by atoms with E-state index in [0.717, 1.165) is 0 Å². The van der Waals surface area contributed by atoms with E-state index in [4.69, 9.17) is 0 Å². The van der Waals surface area contributed by atoms with Crippen molar-refractivity contribution in [3.05, 3.63) is 57.5 Å². The van der Waals surface area contributed by atoms with E-state index < -0.39 is 17.2 Å². The number of amides is 1. The Morgan fingerprint density at radius 1 is 1.43 bits per heavy atom. The van der Waals surface area contributed by atoms with Crippen LogP contribution in [0, 0.1) is 5.82 Å². The Hall–Kier alpha value is -2.35. The van der Waals surface area contributed by atoms with Gasteiger partial charge >= 0.3 is 0 Å². The summed E-state index contributed by atoms with van der Waals surface area (Å²) in [7, 11) is 0. The van der Waals surface area contributed by atoms with Crippen molar-refractivity contribution >= 4 is 18.5 Å². The summed E-state index contributed by atoms with van der Waals surface area (Å²) in [6.45, 7) is 1.90. The molecule has 2 rings (SSSR count). The zero-order chi connectivity index (χ0) is 17.0. The van der Waals surface area contributed by atoms with Gasteiger partial charge in [0.15, 0.2) is 5.69 Å². The van der Waals surface area contributed by atoms with Gasteiger partial charge in [-0.3, -0.25) is 9.59 Å². The molecular formula is C15H16FN3O3S. The molecule has 3 N–H and O–H groups in total. The number of halogens is 1. The van der Waals surface area contributed by atoms with Gasteiger partial charge in [0.25, 0.3) is 11.5 Å². The first-order valence-corrected chi connectivity index (χ1v) is 7.52. The molecule has 1 atom stereocenters. The van der Waals surface area contributed by atoms with Gasteiger partial charge in [-0.15, -0.1) is 0 Å². The second-order valence-corrected chi connectivity index (χ2v) is 5.41. The quantitative estimate of drug-likeness (QED) is 0.623. The molecule has 0 spiro atoms. The second-order valence-electron chi connectivity index (χ2n) is 5.04. The Morgan fingerprint density at radius 3 is 2.70 bits per heavy atom. The number of benzene rings is 1. The summed E-state index contributed by atoms with van der Waals surface area (Å²) in [6, 6.07) is 5.60. The van der Waals surface area contributed by atoms with Crippen LogP contribution in [0.1, 0.15) is 34.7 Å². The number of hydrogen-bond acceptors (Lipinski definition) is 5. The van der Waals surface area contributed by atoms with Crippen LogP contribution in [0.3, 0.4) is 0 Å². The number of aromatic amines is 1. The number of aromatic hydroxyl groups is 1. The van der Waals surface area contributed by atoms with Gasteiger partial charge < -0.3 is 15.4 Å². The predicted octanol–water partition coefficient (Wildman–Crippen LogP) is 1.58. The number of nitrogens with one attached hydrogen (secondary N) is 2. The Bertz CT molecular complexity index is 762. The summed E-state index contributed by atoms with van der Waals surface area (Å²) in [5.74, 6) is -1.30. The molecule has 0 aliphatic heterocycles. The predicted molar refractivity (Wildman–Crippen MR) is 86.4 cm³/mol. The van der Waals surface area contributed by atoms with Crippen molar-refractivity contribution in [3.8, 4) is 5.75 Å².